The molecule has 132 valence electrons. The van der Waals surface area contributed by atoms with Crippen LogP contribution >= 0.6 is 0 Å². The van der Waals surface area contributed by atoms with Crippen molar-refractivity contribution in [1.82, 2.24) is 9.97 Å². The number of fused-ring (bicyclic) bond motifs is 1. The van der Waals surface area contributed by atoms with E-state index >= 15 is 0 Å². The second kappa shape index (κ2) is 8.00. The summed E-state index contributed by atoms with van der Waals surface area (Å²) in [7, 11) is 0. The van der Waals surface area contributed by atoms with Crippen LogP contribution in [0.5, 0.6) is 0 Å². The van der Waals surface area contributed by atoms with Crippen molar-refractivity contribution in [2.75, 3.05) is 23.3 Å². The highest BCUT2D eigenvalue weighted by Gasteiger charge is 2.17. The molecule has 1 N–H and O–H groups in total. The molecule has 0 spiro atoms. The SMILES string of the molecule is c1ccc(CCCNc2cc(N3CCc4ccccc4C3)ncn2)cc1. The van der Waals surface area contributed by atoms with Gasteiger partial charge in [-0.3, -0.25) is 0 Å². The van der Waals surface area contributed by atoms with E-state index in [4.69, 9.17) is 0 Å². The molecule has 3 aromatic rings. The van der Waals surface area contributed by atoms with E-state index in [1.54, 1.807) is 6.33 Å². The lowest BCUT2D eigenvalue weighted by Gasteiger charge is -2.29. The maximum atomic E-state index is 4.49. The Hall–Kier alpha value is -2.88. The van der Waals surface area contributed by atoms with Gasteiger partial charge < -0.3 is 10.2 Å². The third-order valence-corrected chi connectivity index (χ3v) is 4.90. The Balaban J connectivity index is 1.34. The zero-order valence-corrected chi connectivity index (χ0v) is 14.9. The molecule has 4 heteroatoms. The van der Waals surface area contributed by atoms with Crippen molar-refractivity contribution in [2.24, 2.45) is 0 Å². The Bertz CT molecular complexity index is 848. The highest BCUT2D eigenvalue weighted by atomic mass is 15.2. The molecule has 4 rings (SSSR count). The Morgan fingerprint density at radius 1 is 0.923 bits per heavy atom. The van der Waals surface area contributed by atoms with Gasteiger partial charge in [0.1, 0.15) is 18.0 Å². The lowest BCUT2D eigenvalue weighted by atomic mass is 10.00. The summed E-state index contributed by atoms with van der Waals surface area (Å²) in [5.41, 5.74) is 4.23. The minimum atomic E-state index is 0.905. The number of hydrogen-bond donors (Lipinski definition) is 1. The molecule has 26 heavy (non-hydrogen) atoms. The quantitative estimate of drug-likeness (QED) is 0.684. The summed E-state index contributed by atoms with van der Waals surface area (Å²) in [4.78, 5) is 11.2. The predicted octanol–water partition coefficient (Wildman–Crippen LogP) is 4.08. The van der Waals surface area contributed by atoms with Crippen molar-refractivity contribution in [1.29, 1.82) is 0 Å². The Kier molecular flexibility index (Phi) is 5.10. The van der Waals surface area contributed by atoms with E-state index in [9.17, 15) is 0 Å². The van der Waals surface area contributed by atoms with Crippen LogP contribution in [0.15, 0.2) is 67.0 Å². The van der Waals surface area contributed by atoms with Gasteiger partial charge in [0.15, 0.2) is 0 Å². The molecule has 0 bridgehead atoms. The number of benzene rings is 2. The van der Waals surface area contributed by atoms with Gasteiger partial charge in [-0.15, -0.1) is 0 Å². The van der Waals surface area contributed by atoms with Gasteiger partial charge in [0, 0.05) is 25.7 Å². The molecule has 0 fully saturated rings. The molecule has 1 aliphatic rings. The lowest BCUT2D eigenvalue weighted by molar-refractivity contribution is 0.719. The molecule has 0 atom stereocenters. The smallest absolute Gasteiger partial charge is 0.134 e. The average Bonchev–Trinajstić information content (AvgIpc) is 2.72. The normalized spacial score (nSPS) is 13.3. The first-order valence-electron chi connectivity index (χ1n) is 9.30. The fraction of sp³-hybridized carbons (Fsp3) is 0.273. The molecule has 2 heterocycles. The average molecular weight is 344 g/mol. The van der Waals surface area contributed by atoms with Gasteiger partial charge in [0.05, 0.1) is 0 Å². The second-order valence-electron chi connectivity index (χ2n) is 6.72. The van der Waals surface area contributed by atoms with Crippen LogP contribution in [0.25, 0.3) is 0 Å². The van der Waals surface area contributed by atoms with Crippen LogP contribution in [-0.2, 0) is 19.4 Å². The van der Waals surface area contributed by atoms with Crippen LogP contribution in [0.4, 0.5) is 11.6 Å². The van der Waals surface area contributed by atoms with Gasteiger partial charge in [0.25, 0.3) is 0 Å². The molecule has 0 radical (unpaired) electrons. The first-order chi connectivity index (χ1) is 12.9. The molecule has 0 unspecified atom stereocenters. The van der Waals surface area contributed by atoms with Crippen LogP contribution in [0.2, 0.25) is 0 Å². The van der Waals surface area contributed by atoms with E-state index < -0.39 is 0 Å². The van der Waals surface area contributed by atoms with Crippen molar-refractivity contribution in [3.63, 3.8) is 0 Å². The van der Waals surface area contributed by atoms with E-state index in [1.165, 1.54) is 16.7 Å². The summed E-state index contributed by atoms with van der Waals surface area (Å²) in [6, 6.07) is 21.3. The number of anilines is 2. The second-order valence-corrected chi connectivity index (χ2v) is 6.72. The zero-order chi connectivity index (χ0) is 17.6. The maximum Gasteiger partial charge on any atom is 0.134 e. The summed E-state index contributed by atoms with van der Waals surface area (Å²) in [6.45, 7) is 2.83. The topological polar surface area (TPSA) is 41.0 Å². The van der Waals surface area contributed by atoms with Crippen molar-refractivity contribution < 1.29 is 0 Å². The Morgan fingerprint density at radius 2 is 1.73 bits per heavy atom. The highest BCUT2D eigenvalue weighted by molar-refractivity contribution is 5.50. The fourth-order valence-electron chi connectivity index (χ4n) is 3.46. The van der Waals surface area contributed by atoms with Gasteiger partial charge in [0.2, 0.25) is 0 Å². The third-order valence-electron chi connectivity index (χ3n) is 4.90. The first-order valence-corrected chi connectivity index (χ1v) is 9.30. The van der Waals surface area contributed by atoms with Gasteiger partial charge in [-0.05, 0) is 36.0 Å². The third kappa shape index (κ3) is 4.02. The number of rotatable bonds is 6. The van der Waals surface area contributed by atoms with Gasteiger partial charge in [-0.1, -0.05) is 54.6 Å². The molecule has 0 amide bonds. The standard InChI is InChI=1S/C22H24N4/c1-2-7-18(8-3-1)9-6-13-23-21-15-22(25-17-24-21)26-14-12-19-10-4-5-11-20(19)16-26/h1-5,7-8,10-11,15,17H,6,9,12-14,16H2,(H,23,24,25). The van der Waals surface area contributed by atoms with E-state index in [2.05, 4.69) is 80.8 Å². The lowest BCUT2D eigenvalue weighted by Crippen LogP contribution is -2.31. The van der Waals surface area contributed by atoms with Gasteiger partial charge >= 0.3 is 0 Å². The predicted molar refractivity (Wildman–Crippen MR) is 106 cm³/mol. The molecule has 2 aromatic carbocycles. The number of nitrogens with zero attached hydrogens (tertiary/aromatic N) is 3. The van der Waals surface area contributed by atoms with Gasteiger partial charge in [-0.25, -0.2) is 9.97 Å². The minimum absolute atomic E-state index is 0.905. The van der Waals surface area contributed by atoms with Crippen LogP contribution in [0.1, 0.15) is 23.1 Å². The van der Waals surface area contributed by atoms with Gasteiger partial charge in [-0.2, -0.15) is 0 Å². The van der Waals surface area contributed by atoms with E-state index in [0.717, 1.165) is 50.5 Å². The number of nitrogens with one attached hydrogen (secondary N) is 1. The number of hydrogen-bond acceptors (Lipinski definition) is 4. The molecule has 0 saturated heterocycles. The number of aromatic nitrogens is 2. The fourth-order valence-corrected chi connectivity index (χ4v) is 3.46. The van der Waals surface area contributed by atoms with Crippen molar-refractivity contribution in [2.45, 2.75) is 25.8 Å². The van der Waals surface area contributed by atoms with Crippen LogP contribution in [-0.4, -0.2) is 23.1 Å². The van der Waals surface area contributed by atoms with E-state index in [1.807, 2.05) is 0 Å². The van der Waals surface area contributed by atoms with Crippen LogP contribution in [0, 0.1) is 0 Å². The summed E-state index contributed by atoms with van der Waals surface area (Å²) in [6.07, 6.45) is 4.89. The summed E-state index contributed by atoms with van der Waals surface area (Å²) in [5.74, 6) is 1.90. The molecule has 4 nitrogen and oxygen atoms in total. The maximum absolute atomic E-state index is 4.49. The molecular weight excluding hydrogens is 320 g/mol. The van der Waals surface area contributed by atoms with Crippen molar-refractivity contribution >= 4 is 11.6 Å². The van der Waals surface area contributed by atoms with E-state index in [-0.39, 0.29) is 0 Å². The highest BCUT2D eigenvalue weighted by Crippen LogP contribution is 2.23. The minimum Gasteiger partial charge on any atom is -0.370 e. The largest absolute Gasteiger partial charge is 0.370 e. The zero-order valence-electron chi connectivity index (χ0n) is 14.9. The van der Waals surface area contributed by atoms with Crippen LogP contribution in [0.3, 0.4) is 0 Å². The Labute approximate surface area is 154 Å². The first kappa shape index (κ1) is 16.6. The Morgan fingerprint density at radius 3 is 2.62 bits per heavy atom. The summed E-state index contributed by atoms with van der Waals surface area (Å²) < 4.78 is 0. The summed E-state index contributed by atoms with van der Waals surface area (Å²) >= 11 is 0. The molecule has 0 aliphatic carbocycles. The van der Waals surface area contributed by atoms with E-state index in [0.29, 0.717) is 0 Å². The molecule has 0 saturated carbocycles. The monoisotopic (exact) mass is 344 g/mol. The molecule has 1 aromatic heterocycles. The van der Waals surface area contributed by atoms with Crippen molar-refractivity contribution in [3.8, 4) is 0 Å². The molecular formula is C22H24N4. The molecule has 1 aliphatic heterocycles. The number of aryl methyl sites for hydroxylation is 1. The van der Waals surface area contributed by atoms with Crippen molar-refractivity contribution in [3.05, 3.63) is 83.7 Å². The summed E-state index contributed by atoms with van der Waals surface area (Å²) in [5, 5.41) is 3.44. The van der Waals surface area contributed by atoms with Crippen LogP contribution < -0.4 is 10.2 Å².